The molecule has 8 rings (SSSR count). The number of anilines is 1. The third-order valence-electron chi connectivity index (χ3n) is 9.91. The van der Waals surface area contributed by atoms with E-state index in [0.717, 1.165) is 67.1 Å². The highest BCUT2D eigenvalue weighted by Gasteiger charge is 2.32. The van der Waals surface area contributed by atoms with E-state index in [0.29, 0.717) is 22.3 Å². The van der Waals surface area contributed by atoms with Gasteiger partial charge >= 0.3 is 0 Å². The monoisotopic (exact) mass is 764 g/mol. The quantitative estimate of drug-likeness (QED) is 0.149. The molecule has 0 radical (unpaired) electrons. The van der Waals surface area contributed by atoms with Gasteiger partial charge in [-0.1, -0.05) is 63.9 Å². The summed E-state index contributed by atoms with van der Waals surface area (Å²) >= 11 is 10.1. The lowest BCUT2D eigenvalue weighted by Crippen LogP contribution is -2.29. The number of likely N-dealkylation sites (tertiary alicyclic amines) is 2. The maximum atomic E-state index is 14.8. The molecule has 6 aromatic rings. The maximum absolute atomic E-state index is 14.8. The zero-order valence-electron chi connectivity index (χ0n) is 28.6. The second kappa shape index (κ2) is 16.4. The first-order valence-electron chi connectivity index (χ1n) is 17.7. The van der Waals surface area contributed by atoms with Crippen molar-refractivity contribution in [3.8, 4) is 5.69 Å². The summed E-state index contributed by atoms with van der Waals surface area (Å²) in [7, 11) is 0. The fourth-order valence-electron chi connectivity index (χ4n) is 7.56. The number of rotatable bonds is 9. The van der Waals surface area contributed by atoms with Gasteiger partial charge in [0.2, 0.25) is 0 Å². The minimum Gasteiger partial charge on any atom is -0.397 e. The van der Waals surface area contributed by atoms with E-state index in [1.54, 1.807) is 12.1 Å². The highest BCUT2D eigenvalue weighted by molar-refractivity contribution is 9.10. The van der Waals surface area contributed by atoms with Crippen LogP contribution in [0, 0.1) is 5.82 Å². The van der Waals surface area contributed by atoms with Crippen LogP contribution in [0.25, 0.3) is 5.69 Å². The number of aromatic nitrogens is 3. The molecule has 0 amide bonds. The molecule has 3 aromatic heterocycles. The van der Waals surface area contributed by atoms with Gasteiger partial charge in [-0.25, -0.2) is 4.39 Å². The molecule has 2 aliphatic rings. The number of benzene rings is 3. The van der Waals surface area contributed by atoms with Crippen molar-refractivity contribution in [1.29, 1.82) is 0 Å². The predicted octanol–water partition coefficient (Wildman–Crippen LogP) is 9.92. The lowest BCUT2D eigenvalue weighted by atomic mass is 10.0. The van der Waals surface area contributed by atoms with E-state index in [1.165, 1.54) is 30.2 Å². The molecule has 2 N–H and O–H groups in total. The van der Waals surface area contributed by atoms with Gasteiger partial charge in [-0.2, -0.15) is 0 Å². The van der Waals surface area contributed by atoms with Gasteiger partial charge in [-0.15, -0.1) is 0 Å². The summed E-state index contributed by atoms with van der Waals surface area (Å²) < 4.78 is 20.3. The third-order valence-corrected chi connectivity index (χ3v) is 10.7. The first-order valence-corrected chi connectivity index (χ1v) is 18.9. The fourth-order valence-corrected chi connectivity index (χ4v) is 8.25. The number of hydrogen-bond donors (Lipinski definition) is 1. The Morgan fingerprint density at radius 3 is 2.12 bits per heavy atom. The minimum absolute atomic E-state index is 0.249. The Hall–Kier alpha value is -4.21. The van der Waals surface area contributed by atoms with Crippen LogP contribution in [0.15, 0.2) is 132 Å². The second-order valence-corrected chi connectivity index (χ2v) is 14.5. The Morgan fingerprint density at radius 2 is 1.41 bits per heavy atom. The van der Waals surface area contributed by atoms with E-state index >= 15 is 0 Å². The highest BCUT2D eigenvalue weighted by Crippen LogP contribution is 2.39. The molecule has 2 fully saturated rings. The fraction of sp³-hybridized carbons (Fsp3) is 0.262. The lowest BCUT2D eigenvalue weighted by Gasteiger charge is -2.30. The van der Waals surface area contributed by atoms with Gasteiger partial charge in [0.05, 0.1) is 35.7 Å². The Balaban J connectivity index is 0.000000159. The molecule has 6 nitrogen and oxygen atoms in total. The number of pyridine rings is 1. The summed E-state index contributed by atoms with van der Waals surface area (Å²) in [6.07, 6.45) is 10.8. The average Bonchev–Trinajstić information content (AvgIpc) is 3.98. The van der Waals surface area contributed by atoms with E-state index in [2.05, 4.69) is 90.0 Å². The highest BCUT2D eigenvalue weighted by atomic mass is 79.9. The molecule has 2 atom stereocenters. The summed E-state index contributed by atoms with van der Waals surface area (Å²) in [5.74, 6) is -0.275. The van der Waals surface area contributed by atoms with Crippen molar-refractivity contribution in [3.63, 3.8) is 0 Å². The SMILES string of the molecule is Brc1cccc(C(c2cccn2Cc2ccccn2)N2CCCC2)c1.Nc1ccccc1-n1cccc1C(c1c(F)cccc1Cl)N1CCCC1. The first-order chi connectivity index (χ1) is 25.0. The first kappa shape index (κ1) is 35.2. The van der Waals surface area contributed by atoms with Gasteiger partial charge in [0.25, 0.3) is 0 Å². The van der Waals surface area contributed by atoms with Crippen LogP contribution < -0.4 is 5.73 Å². The molecule has 0 saturated carbocycles. The zero-order valence-corrected chi connectivity index (χ0v) is 30.9. The molecule has 2 saturated heterocycles. The maximum Gasteiger partial charge on any atom is 0.129 e. The number of nitrogens with zero attached hydrogens (tertiary/aromatic N) is 5. The van der Waals surface area contributed by atoms with Gasteiger partial charge in [-0.05, 0) is 130 Å². The summed E-state index contributed by atoms with van der Waals surface area (Å²) in [5.41, 5.74) is 13.1. The van der Waals surface area contributed by atoms with E-state index in [1.807, 2.05) is 59.4 Å². The average molecular weight is 766 g/mol. The molecule has 9 heteroatoms. The van der Waals surface area contributed by atoms with E-state index in [-0.39, 0.29) is 11.9 Å². The van der Waals surface area contributed by atoms with Crippen molar-refractivity contribution in [2.24, 2.45) is 0 Å². The molecular formula is C42H43BrClFN6. The van der Waals surface area contributed by atoms with Gasteiger partial charge in [-0.3, -0.25) is 14.8 Å². The molecule has 3 aromatic carbocycles. The van der Waals surface area contributed by atoms with Crippen LogP contribution in [0.4, 0.5) is 10.1 Å². The minimum atomic E-state index is -0.275. The largest absolute Gasteiger partial charge is 0.397 e. The van der Waals surface area contributed by atoms with Gasteiger partial charge in [0.1, 0.15) is 5.82 Å². The van der Waals surface area contributed by atoms with Crippen molar-refractivity contribution < 1.29 is 4.39 Å². The lowest BCUT2D eigenvalue weighted by molar-refractivity contribution is 0.269. The molecule has 2 unspecified atom stereocenters. The number of nitrogen functional groups attached to an aromatic ring is 1. The summed E-state index contributed by atoms with van der Waals surface area (Å²) in [5, 5.41) is 0.454. The predicted molar refractivity (Wildman–Crippen MR) is 209 cm³/mol. The van der Waals surface area contributed by atoms with Crippen LogP contribution in [-0.4, -0.2) is 50.1 Å². The van der Waals surface area contributed by atoms with Gasteiger partial charge in [0.15, 0.2) is 0 Å². The molecule has 262 valence electrons. The van der Waals surface area contributed by atoms with E-state index in [4.69, 9.17) is 17.3 Å². The van der Waals surface area contributed by atoms with Crippen molar-refractivity contribution in [1.82, 2.24) is 23.9 Å². The van der Waals surface area contributed by atoms with Crippen LogP contribution in [-0.2, 0) is 6.54 Å². The Morgan fingerprint density at radius 1 is 0.725 bits per heavy atom. The summed E-state index contributed by atoms with van der Waals surface area (Å²) in [4.78, 5) is 9.40. The molecular weight excluding hydrogens is 723 g/mol. The standard InChI is InChI=1S/C21H22BrN3.C21H21ClFN3/c22-18-8-5-7-17(15-18)21(24-12-3-4-13-24)20-10-6-14-25(20)16-19-9-1-2-11-23-19;22-15-7-5-8-16(23)20(15)21(25-12-3-4-13-25)19-11-6-14-26(19)18-10-2-1-9-17(18)24/h1-2,5-11,14-15,21H,3-4,12-13,16H2;1-2,5-11,14,21H,3-4,12-13,24H2. The van der Waals surface area contributed by atoms with Crippen LogP contribution in [0.1, 0.15) is 66.0 Å². The third kappa shape index (κ3) is 8.00. The van der Waals surface area contributed by atoms with E-state index in [9.17, 15) is 4.39 Å². The summed E-state index contributed by atoms with van der Waals surface area (Å²) in [6.45, 7) is 4.97. The number of nitrogens with two attached hydrogens (primary N) is 1. The molecule has 51 heavy (non-hydrogen) atoms. The number of halogens is 3. The Labute approximate surface area is 313 Å². The van der Waals surface area contributed by atoms with Crippen molar-refractivity contribution in [2.75, 3.05) is 31.9 Å². The smallest absolute Gasteiger partial charge is 0.129 e. The van der Waals surface area contributed by atoms with Gasteiger partial charge in [0, 0.05) is 45.0 Å². The van der Waals surface area contributed by atoms with Crippen molar-refractivity contribution >= 4 is 33.2 Å². The number of hydrogen-bond acceptors (Lipinski definition) is 4. The normalized spacial score (nSPS) is 16.1. The van der Waals surface area contributed by atoms with Gasteiger partial charge < -0.3 is 14.9 Å². The van der Waals surface area contributed by atoms with Crippen LogP contribution in [0.5, 0.6) is 0 Å². The van der Waals surface area contributed by atoms with Crippen LogP contribution in [0.2, 0.25) is 5.02 Å². The van der Waals surface area contributed by atoms with Crippen LogP contribution in [0.3, 0.4) is 0 Å². The Bertz CT molecular complexity index is 2010. The molecule has 2 aliphatic heterocycles. The second-order valence-electron chi connectivity index (χ2n) is 13.2. The van der Waals surface area contributed by atoms with Crippen LogP contribution >= 0.6 is 27.5 Å². The zero-order chi connectivity index (χ0) is 35.2. The molecule has 0 spiro atoms. The Kier molecular flexibility index (Phi) is 11.3. The number of para-hydroxylation sites is 2. The molecule has 5 heterocycles. The summed E-state index contributed by atoms with van der Waals surface area (Å²) in [6, 6.07) is 35.9. The van der Waals surface area contributed by atoms with Crippen molar-refractivity contribution in [3.05, 3.63) is 171 Å². The van der Waals surface area contributed by atoms with Crippen molar-refractivity contribution in [2.45, 2.75) is 44.3 Å². The molecule has 0 aliphatic carbocycles. The van der Waals surface area contributed by atoms with E-state index < -0.39 is 0 Å². The topological polar surface area (TPSA) is 55.2 Å². The molecule has 0 bridgehead atoms.